The van der Waals surface area contributed by atoms with Crippen LogP contribution in [0.4, 0.5) is 0 Å². The predicted octanol–water partition coefficient (Wildman–Crippen LogP) is 0.983. The van der Waals surface area contributed by atoms with Gasteiger partial charge in [0.05, 0.1) is 0 Å². The van der Waals surface area contributed by atoms with Gasteiger partial charge in [-0.2, -0.15) is 5.10 Å². The first-order valence-electron chi connectivity index (χ1n) is 4.98. The number of aromatic nitrogens is 3. The first-order valence-corrected chi connectivity index (χ1v) is 4.98. The second-order valence-corrected chi connectivity index (χ2v) is 3.98. The molecule has 4 nitrogen and oxygen atoms in total. The van der Waals surface area contributed by atoms with Crippen LogP contribution in [0.15, 0.2) is 0 Å². The highest BCUT2D eigenvalue weighted by molar-refractivity contribution is 5.07. The van der Waals surface area contributed by atoms with Crippen molar-refractivity contribution < 1.29 is 5.11 Å². The van der Waals surface area contributed by atoms with Crippen LogP contribution in [-0.4, -0.2) is 19.9 Å². The number of aliphatic hydroxyl groups is 1. The summed E-state index contributed by atoms with van der Waals surface area (Å²) in [5.41, 5.74) is 0. The lowest BCUT2D eigenvalue weighted by Crippen LogP contribution is -2.18. The Labute approximate surface area is 76.6 Å². The van der Waals surface area contributed by atoms with Crippen molar-refractivity contribution in [2.75, 3.05) is 0 Å². The molecule has 70 valence electrons. The summed E-state index contributed by atoms with van der Waals surface area (Å²) in [6.07, 6.45) is 4.84. The zero-order valence-electron chi connectivity index (χ0n) is 7.48. The van der Waals surface area contributed by atoms with Crippen molar-refractivity contribution in [1.82, 2.24) is 14.8 Å². The summed E-state index contributed by atoms with van der Waals surface area (Å²) >= 11 is 0. The monoisotopic (exact) mass is 179 g/mol. The fourth-order valence-corrected chi connectivity index (χ4v) is 1.86. The minimum Gasteiger partial charge on any atom is -0.372 e. The highest BCUT2D eigenvalue weighted by atomic mass is 16.3. The number of hydrogen-bond donors (Lipinski definition) is 1. The molecule has 1 saturated carbocycles. The van der Waals surface area contributed by atoms with Gasteiger partial charge in [0.1, 0.15) is 12.1 Å². The van der Waals surface area contributed by atoms with Crippen molar-refractivity contribution in [1.29, 1.82) is 0 Å². The molecule has 1 atom stereocenters. The Bertz CT molecular complexity index is 330. The number of fused-ring (bicyclic) bond motifs is 1. The van der Waals surface area contributed by atoms with Crippen LogP contribution in [0, 0.1) is 0 Å². The Hall–Kier alpha value is -0.900. The normalized spacial score (nSPS) is 27.3. The Morgan fingerprint density at radius 1 is 1.31 bits per heavy atom. The standard InChI is InChI=1S/C9H13N3O/c13-8-3-1-2-7-10-9(6-4-5-6)11-12(7)8/h6,8,13H,1-5H2. The van der Waals surface area contributed by atoms with Crippen LogP contribution in [0.25, 0.3) is 0 Å². The second kappa shape index (κ2) is 2.54. The average molecular weight is 179 g/mol. The van der Waals surface area contributed by atoms with Gasteiger partial charge in [-0.3, -0.25) is 0 Å². The molecule has 0 saturated heterocycles. The molecule has 0 spiro atoms. The van der Waals surface area contributed by atoms with Crippen molar-refractivity contribution in [2.24, 2.45) is 0 Å². The molecule has 0 aromatic carbocycles. The van der Waals surface area contributed by atoms with Gasteiger partial charge in [0.2, 0.25) is 0 Å². The molecule has 2 heterocycles. The van der Waals surface area contributed by atoms with Crippen molar-refractivity contribution >= 4 is 0 Å². The topological polar surface area (TPSA) is 50.9 Å². The summed E-state index contributed by atoms with van der Waals surface area (Å²) in [6, 6.07) is 0. The molecule has 2 aliphatic rings. The number of aryl methyl sites for hydroxylation is 1. The number of rotatable bonds is 1. The van der Waals surface area contributed by atoms with Crippen molar-refractivity contribution in [3.63, 3.8) is 0 Å². The van der Waals surface area contributed by atoms with Crippen molar-refractivity contribution in [3.05, 3.63) is 11.6 Å². The van der Waals surface area contributed by atoms with Crippen LogP contribution in [0.1, 0.15) is 49.5 Å². The van der Waals surface area contributed by atoms with E-state index in [2.05, 4.69) is 10.1 Å². The van der Waals surface area contributed by atoms with Crippen LogP contribution in [0.3, 0.4) is 0 Å². The van der Waals surface area contributed by atoms with Crippen LogP contribution in [0.5, 0.6) is 0 Å². The molecule has 3 rings (SSSR count). The predicted molar refractivity (Wildman–Crippen MR) is 46.2 cm³/mol. The summed E-state index contributed by atoms with van der Waals surface area (Å²) in [5.74, 6) is 2.52. The Kier molecular flexibility index (Phi) is 1.47. The summed E-state index contributed by atoms with van der Waals surface area (Å²) < 4.78 is 1.71. The Balaban J connectivity index is 1.99. The fourth-order valence-electron chi connectivity index (χ4n) is 1.86. The molecule has 13 heavy (non-hydrogen) atoms. The molecule has 4 heteroatoms. The van der Waals surface area contributed by atoms with Crippen LogP contribution in [0.2, 0.25) is 0 Å². The third-order valence-electron chi connectivity index (χ3n) is 2.81. The number of nitrogens with zero attached hydrogens (tertiary/aromatic N) is 3. The lowest BCUT2D eigenvalue weighted by molar-refractivity contribution is 0.0643. The zero-order valence-corrected chi connectivity index (χ0v) is 7.48. The van der Waals surface area contributed by atoms with E-state index in [1.807, 2.05) is 0 Å². The van der Waals surface area contributed by atoms with E-state index in [0.29, 0.717) is 5.92 Å². The average Bonchev–Trinajstić information content (AvgIpc) is 2.87. The van der Waals surface area contributed by atoms with Gasteiger partial charge in [-0.25, -0.2) is 9.67 Å². The Morgan fingerprint density at radius 2 is 2.15 bits per heavy atom. The van der Waals surface area contributed by atoms with Crippen molar-refractivity contribution in [3.8, 4) is 0 Å². The van der Waals surface area contributed by atoms with Crippen LogP contribution >= 0.6 is 0 Å². The minimum absolute atomic E-state index is 0.427. The quantitative estimate of drug-likeness (QED) is 0.699. The molecule has 1 aliphatic carbocycles. The van der Waals surface area contributed by atoms with E-state index in [9.17, 15) is 5.11 Å². The van der Waals surface area contributed by atoms with E-state index in [-0.39, 0.29) is 0 Å². The van der Waals surface area contributed by atoms with Gasteiger partial charge in [0, 0.05) is 12.3 Å². The van der Waals surface area contributed by atoms with E-state index in [1.165, 1.54) is 12.8 Å². The number of hydrogen-bond acceptors (Lipinski definition) is 3. The molecular formula is C9H13N3O. The highest BCUT2D eigenvalue weighted by Crippen LogP contribution is 2.38. The Morgan fingerprint density at radius 3 is 2.85 bits per heavy atom. The van der Waals surface area contributed by atoms with Gasteiger partial charge in [0.25, 0.3) is 0 Å². The van der Waals surface area contributed by atoms with E-state index in [1.54, 1.807) is 4.68 Å². The van der Waals surface area contributed by atoms with E-state index < -0.39 is 6.23 Å². The molecule has 1 fully saturated rings. The molecular weight excluding hydrogens is 166 g/mol. The van der Waals surface area contributed by atoms with Crippen LogP contribution < -0.4 is 0 Å². The maximum absolute atomic E-state index is 9.64. The lowest BCUT2D eigenvalue weighted by atomic mass is 10.1. The number of aliphatic hydroxyl groups excluding tert-OH is 1. The summed E-state index contributed by atoms with van der Waals surface area (Å²) in [4.78, 5) is 4.46. The second-order valence-electron chi connectivity index (χ2n) is 3.98. The van der Waals surface area contributed by atoms with Gasteiger partial charge in [-0.1, -0.05) is 0 Å². The summed E-state index contributed by atoms with van der Waals surface area (Å²) in [7, 11) is 0. The molecule has 1 unspecified atom stereocenters. The van der Waals surface area contributed by atoms with Gasteiger partial charge in [0.15, 0.2) is 5.82 Å². The maximum Gasteiger partial charge on any atom is 0.154 e. The fraction of sp³-hybridized carbons (Fsp3) is 0.778. The third-order valence-corrected chi connectivity index (χ3v) is 2.81. The third kappa shape index (κ3) is 1.16. The first kappa shape index (κ1) is 7.50. The van der Waals surface area contributed by atoms with Crippen LogP contribution in [-0.2, 0) is 6.42 Å². The minimum atomic E-state index is -0.427. The molecule has 1 aliphatic heterocycles. The van der Waals surface area contributed by atoms with Gasteiger partial charge < -0.3 is 5.11 Å². The van der Waals surface area contributed by atoms with Crippen molar-refractivity contribution in [2.45, 2.75) is 44.2 Å². The van der Waals surface area contributed by atoms with E-state index in [0.717, 1.165) is 30.9 Å². The molecule has 0 amide bonds. The molecule has 1 aromatic rings. The SMILES string of the molecule is OC1CCCc2nc(C3CC3)nn21. The maximum atomic E-state index is 9.64. The van der Waals surface area contributed by atoms with Gasteiger partial charge in [-0.15, -0.1) is 0 Å². The zero-order chi connectivity index (χ0) is 8.84. The molecule has 0 bridgehead atoms. The van der Waals surface area contributed by atoms with E-state index in [4.69, 9.17) is 0 Å². The largest absolute Gasteiger partial charge is 0.372 e. The van der Waals surface area contributed by atoms with E-state index >= 15 is 0 Å². The summed E-state index contributed by atoms with van der Waals surface area (Å²) in [5, 5.41) is 14.0. The molecule has 1 N–H and O–H groups in total. The van der Waals surface area contributed by atoms with Gasteiger partial charge >= 0.3 is 0 Å². The smallest absolute Gasteiger partial charge is 0.154 e. The molecule has 0 radical (unpaired) electrons. The molecule has 1 aromatic heterocycles. The van der Waals surface area contributed by atoms with Gasteiger partial charge in [-0.05, 0) is 25.7 Å². The highest BCUT2D eigenvalue weighted by Gasteiger charge is 2.30. The first-order chi connectivity index (χ1) is 6.34. The lowest BCUT2D eigenvalue weighted by Gasteiger charge is -2.17. The summed E-state index contributed by atoms with van der Waals surface area (Å²) in [6.45, 7) is 0.